The second-order valence-electron chi connectivity index (χ2n) is 4.00. The van der Waals surface area contributed by atoms with Gasteiger partial charge >= 0.3 is 0 Å². The number of hydrogen-bond donors (Lipinski definition) is 2. The fourth-order valence-electron chi connectivity index (χ4n) is 1.60. The minimum atomic E-state index is -0.616. The number of hydrogen-bond acceptors (Lipinski definition) is 4. The van der Waals surface area contributed by atoms with Crippen molar-refractivity contribution in [3.05, 3.63) is 58.2 Å². The number of rotatable bonds is 4. The maximum atomic E-state index is 10.0. The van der Waals surface area contributed by atoms with Crippen molar-refractivity contribution in [2.75, 3.05) is 11.9 Å². The van der Waals surface area contributed by atoms with Crippen molar-refractivity contribution < 1.29 is 5.11 Å². The van der Waals surface area contributed by atoms with Crippen LogP contribution in [0.2, 0.25) is 0 Å². The van der Waals surface area contributed by atoms with Crippen LogP contribution in [0.25, 0.3) is 0 Å². The summed E-state index contributed by atoms with van der Waals surface area (Å²) in [5.41, 5.74) is 1.34. The van der Waals surface area contributed by atoms with Crippen LogP contribution in [-0.4, -0.2) is 16.6 Å². The molecule has 2 rings (SSSR count). The number of nitrogens with one attached hydrogen (secondary N) is 1. The number of aromatic nitrogens is 1. The maximum Gasteiger partial charge on any atom is 0.126 e. The molecule has 0 aliphatic carbocycles. The van der Waals surface area contributed by atoms with Crippen LogP contribution in [0.5, 0.6) is 0 Å². The Labute approximate surface area is 119 Å². The Morgan fingerprint density at radius 3 is 2.84 bits per heavy atom. The van der Waals surface area contributed by atoms with Crippen LogP contribution in [0.15, 0.2) is 47.1 Å². The van der Waals surface area contributed by atoms with Gasteiger partial charge in [0.2, 0.25) is 0 Å². The fourth-order valence-corrected chi connectivity index (χ4v) is 2.01. The molecule has 19 heavy (non-hydrogen) atoms. The molecule has 0 aliphatic heterocycles. The van der Waals surface area contributed by atoms with Crippen molar-refractivity contribution in [1.82, 2.24) is 4.98 Å². The summed E-state index contributed by atoms with van der Waals surface area (Å²) in [6.07, 6.45) is 0.878. The van der Waals surface area contributed by atoms with E-state index < -0.39 is 6.10 Å². The Bertz CT molecular complexity index is 592. The van der Waals surface area contributed by atoms with E-state index in [1.54, 1.807) is 12.1 Å². The van der Waals surface area contributed by atoms with Gasteiger partial charge in [-0.15, -0.1) is 0 Å². The molecule has 0 spiro atoms. The van der Waals surface area contributed by atoms with Crippen LogP contribution in [0, 0.1) is 11.3 Å². The highest BCUT2D eigenvalue weighted by Crippen LogP contribution is 2.18. The van der Waals surface area contributed by atoms with Crippen LogP contribution >= 0.6 is 15.9 Å². The zero-order chi connectivity index (χ0) is 13.7. The van der Waals surface area contributed by atoms with Crippen molar-refractivity contribution in [3.63, 3.8) is 0 Å². The Hall–Kier alpha value is -1.90. The van der Waals surface area contributed by atoms with E-state index in [0.29, 0.717) is 17.9 Å². The molecule has 0 saturated heterocycles. The molecule has 1 aromatic carbocycles. The normalized spacial score (nSPS) is 11.6. The van der Waals surface area contributed by atoms with E-state index in [0.717, 1.165) is 10.0 Å². The molecule has 1 heterocycles. The van der Waals surface area contributed by atoms with Gasteiger partial charge in [0.05, 0.1) is 11.7 Å². The van der Waals surface area contributed by atoms with Gasteiger partial charge in [-0.3, -0.25) is 0 Å². The maximum absolute atomic E-state index is 10.0. The summed E-state index contributed by atoms with van der Waals surface area (Å²) in [5, 5.41) is 21.7. The van der Waals surface area contributed by atoms with Crippen molar-refractivity contribution in [2.45, 2.75) is 6.10 Å². The summed E-state index contributed by atoms with van der Waals surface area (Å²) in [6.45, 7) is 0.357. The predicted molar refractivity (Wildman–Crippen MR) is 76.5 cm³/mol. The van der Waals surface area contributed by atoms with E-state index in [4.69, 9.17) is 5.26 Å². The molecule has 1 aromatic heterocycles. The first-order chi connectivity index (χ1) is 9.19. The van der Waals surface area contributed by atoms with Crippen LogP contribution < -0.4 is 5.32 Å². The van der Waals surface area contributed by atoms with Crippen LogP contribution in [0.1, 0.15) is 17.2 Å². The minimum Gasteiger partial charge on any atom is -0.387 e. The number of aliphatic hydroxyl groups excluding tert-OH is 1. The topological polar surface area (TPSA) is 68.9 Å². The molecular weight excluding hydrogens is 306 g/mol. The average Bonchev–Trinajstić information content (AvgIpc) is 2.45. The Morgan fingerprint density at radius 2 is 2.21 bits per heavy atom. The summed E-state index contributed by atoms with van der Waals surface area (Å²) >= 11 is 3.37. The van der Waals surface area contributed by atoms with Crippen LogP contribution in [-0.2, 0) is 0 Å². The van der Waals surface area contributed by atoms with Gasteiger partial charge in [-0.2, -0.15) is 5.26 Å². The third kappa shape index (κ3) is 3.78. The van der Waals surface area contributed by atoms with E-state index >= 15 is 0 Å². The van der Waals surface area contributed by atoms with Crippen molar-refractivity contribution >= 4 is 21.7 Å². The summed E-state index contributed by atoms with van der Waals surface area (Å²) in [7, 11) is 0. The zero-order valence-electron chi connectivity index (χ0n) is 10.0. The number of halogens is 1. The lowest BCUT2D eigenvalue weighted by atomic mass is 10.1. The van der Waals surface area contributed by atoms with E-state index in [2.05, 4.69) is 26.2 Å². The van der Waals surface area contributed by atoms with Crippen molar-refractivity contribution in [2.24, 2.45) is 0 Å². The van der Waals surface area contributed by atoms with Gasteiger partial charge in [0.15, 0.2) is 0 Å². The average molecular weight is 318 g/mol. The van der Waals surface area contributed by atoms with Gasteiger partial charge in [0, 0.05) is 17.2 Å². The van der Waals surface area contributed by atoms with E-state index in [-0.39, 0.29) is 0 Å². The Morgan fingerprint density at radius 1 is 1.37 bits per heavy atom. The summed E-state index contributed by atoms with van der Waals surface area (Å²) in [4.78, 5) is 4.08. The van der Waals surface area contributed by atoms with E-state index in [1.807, 2.05) is 30.3 Å². The molecule has 0 unspecified atom stereocenters. The molecule has 1 atom stereocenters. The highest BCUT2D eigenvalue weighted by molar-refractivity contribution is 9.10. The third-order valence-electron chi connectivity index (χ3n) is 2.60. The lowest BCUT2D eigenvalue weighted by Crippen LogP contribution is -2.12. The first kappa shape index (κ1) is 13.5. The number of benzene rings is 1. The largest absolute Gasteiger partial charge is 0.387 e. The molecule has 0 aliphatic rings. The first-order valence-corrected chi connectivity index (χ1v) is 6.52. The monoisotopic (exact) mass is 317 g/mol. The van der Waals surface area contributed by atoms with Gasteiger partial charge in [0.1, 0.15) is 11.9 Å². The molecule has 2 N–H and O–H groups in total. The number of pyridine rings is 1. The predicted octanol–water partition coefficient (Wildman–Crippen LogP) is 2.86. The van der Waals surface area contributed by atoms with Crippen LogP contribution in [0.4, 0.5) is 5.82 Å². The fraction of sp³-hybridized carbons (Fsp3) is 0.143. The smallest absolute Gasteiger partial charge is 0.126 e. The molecule has 0 radical (unpaired) electrons. The number of aliphatic hydroxyl groups is 1. The molecule has 4 nitrogen and oxygen atoms in total. The molecule has 0 bridgehead atoms. The standard InChI is InChI=1S/C14H12BrN3O/c15-12-3-1-2-11(6-12)13(19)9-18-14-5-4-10(7-16)8-17-14/h1-6,8,13,19H,9H2,(H,17,18)/t13-/m0/s1. The number of nitrogens with zero attached hydrogens (tertiary/aromatic N) is 2. The van der Waals surface area contributed by atoms with Crippen molar-refractivity contribution in [1.29, 1.82) is 5.26 Å². The second-order valence-corrected chi connectivity index (χ2v) is 4.91. The van der Waals surface area contributed by atoms with Gasteiger partial charge in [0.25, 0.3) is 0 Å². The highest BCUT2D eigenvalue weighted by atomic mass is 79.9. The van der Waals surface area contributed by atoms with Crippen LogP contribution in [0.3, 0.4) is 0 Å². The molecular formula is C14H12BrN3O. The highest BCUT2D eigenvalue weighted by Gasteiger charge is 2.07. The van der Waals surface area contributed by atoms with Crippen molar-refractivity contribution in [3.8, 4) is 6.07 Å². The quantitative estimate of drug-likeness (QED) is 0.909. The van der Waals surface area contributed by atoms with E-state index in [1.165, 1.54) is 6.20 Å². The first-order valence-electron chi connectivity index (χ1n) is 5.72. The van der Waals surface area contributed by atoms with E-state index in [9.17, 15) is 5.11 Å². The SMILES string of the molecule is N#Cc1ccc(NC[C@H](O)c2cccc(Br)c2)nc1. The lowest BCUT2D eigenvalue weighted by molar-refractivity contribution is 0.191. The molecule has 0 fully saturated rings. The molecule has 5 heteroatoms. The zero-order valence-corrected chi connectivity index (χ0v) is 11.6. The third-order valence-corrected chi connectivity index (χ3v) is 3.10. The van der Waals surface area contributed by atoms with Gasteiger partial charge < -0.3 is 10.4 Å². The van der Waals surface area contributed by atoms with Gasteiger partial charge in [-0.1, -0.05) is 28.1 Å². The van der Waals surface area contributed by atoms with Gasteiger partial charge in [-0.05, 0) is 29.8 Å². The molecule has 0 saturated carbocycles. The number of nitriles is 1. The second kappa shape index (κ2) is 6.32. The number of anilines is 1. The summed E-state index contributed by atoms with van der Waals surface area (Å²) in [5.74, 6) is 0.632. The molecule has 0 amide bonds. The molecule has 96 valence electrons. The minimum absolute atomic E-state index is 0.357. The summed E-state index contributed by atoms with van der Waals surface area (Å²) in [6, 6.07) is 12.9. The Balaban J connectivity index is 1.96. The van der Waals surface area contributed by atoms with Gasteiger partial charge in [-0.25, -0.2) is 4.98 Å². The lowest BCUT2D eigenvalue weighted by Gasteiger charge is -2.12. The molecule has 2 aromatic rings. The Kier molecular flexibility index (Phi) is 4.50. The summed E-state index contributed by atoms with van der Waals surface area (Å²) < 4.78 is 0.931.